The molecule has 0 aliphatic heterocycles. The zero-order valence-electron chi connectivity index (χ0n) is 8.57. The van der Waals surface area contributed by atoms with E-state index in [0.29, 0.717) is 11.3 Å². The summed E-state index contributed by atoms with van der Waals surface area (Å²) < 4.78 is 0. The summed E-state index contributed by atoms with van der Waals surface area (Å²) in [5, 5.41) is 11.5. The van der Waals surface area contributed by atoms with E-state index in [9.17, 15) is 4.79 Å². The molecule has 0 saturated heterocycles. The number of nitrogens with one attached hydrogen (secondary N) is 2. The predicted molar refractivity (Wildman–Crippen MR) is 64.3 cm³/mol. The standard InChI is InChI=1S/C11H7ClN4O/c12-9-10(14-6-15-11(9)17)16-8-3-1-7(5-13)2-4-8/h1-4,6H,(H2,14,15,16,17). The molecule has 0 saturated carbocycles. The average Bonchev–Trinajstić information content (AvgIpc) is 2.36. The van der Waals surface area contributed by atoms with Gasteiger partial charge in [-0.2, -0.15) is 5.26 Å². The zero-order valence-corrected chi connectivity index (χ0v) is 9.32. The fraction of sp³-hybridized carbons (Fsp3) is 0. The van der Waals surface area contributed by atoms with Crippen molar-refractivity contribution in [2.45, 2.75) is 0 Å². The molecule has 0 aliphatic carbocycles. The van der Waals surface area contributed by atoms with Crippen molar-refractivity contribution in [3.63, 3.8) is 0 Å². The molecule has 2 aromatic rings. The van der Waals surface area contributed by atoms with E-state index in [4.69, 9.17) is 16.9 Å². The number of anilines is 2. The number of benzene rings is 1. The van der Waals surface area contributed by atoms with Gasteiger partial charge in [-0.1, -0.05) is 11.6 Å². The first-order valence-corrected chi connectivity index (χ1v) is 5.09. The molecule has 17 heavy (non-hydrogen) atoms. The largest absolute Gasteiger partial charge is 0.339 e. The van der Waals surface area contributed by atoms with E-state index in [1.165, 1.54) is 6.33 Å². The third-order valence-electron chi connectivity index (χ3n) is 2.07. The van der Waals surface area contributed by atoms with Crippen molar-refractivity contribution in [1.82, 2.24) is 9.97 Å². The van der Waals surface area contributed by atoms with Gasteiger partial charge in [-0.25, -0.2) is 4.98 Å². The Kier molecular flexibility index (Phi) is 3.08. The van der Waals surface area contributed by atoms with E-state index in [2.05, 4.69) is 15.3 Å². The highest BCUT2D eigenvalue weighted by Crippen LogP contribution is 2.19. The molecular weight excluding hydrogens is 240 g/mol. The first-order valence-electron chi connectivity index (χ1n) is 4.71. The topological polar surface area (TPSA) is 81.6 Å². The van der Waals surface area contributed by atoms with E-state index >= 15 is 0 Å². The normalized spacial score (nSPS) is 9.65. The van der Waals surface area contributed by atoms with Gasteiger partial charge in [0.25, 0.3) is 5.56 Å². The molecule has 0 fully saturated rings. The Morgan fingerprint density at radius 3 is 2.71 bits per heavy atom. The van der Waals surface area contributed by atoms with Crippen LogP contribution in [-0.4, -0.2) is 9.97 Å². The minimum Gasteiger partial charge on any atom is -0.339 e. The summed E-state index contributed by atoms with van der Waals surface area (Å²) in [6.07, 6.45) is 1.26. The highest BCUT2D eigenvalue weighted by molar-refractivity contribution is 6.32. The number of nitrogens with zero attached hydrogens (tertiary/aromatic N) is 2. The summed E-state index contributed by atoms with van der Waals surface area (Å²) in [6, 6.07) is 8.74. The fourth-order valence-electron chi connectivity index (χ4n) is 1.23. The van der Waals surface area contributed by atoms with Crippen LogP contribution in [0.15, 0.2) is 35.4 Å². The Balaban J connectivity index is 2.29. The van der Waals surface area contributed by atoms with Crippen molar-refractivity contribution in [3.8, 4) is 6.07 Å². The molecule has 0 spiro atoms. The third kappa shape index (κ3) is 2.44. The lowest BCUT2D eigenvalue weighted by atomic mass is 10.2. The molecule has 0 radical (unpaired) electrons. The number of halogens is 1. The first kappa shape index (κ1) is 11.2. The molecule has 1 aromatic carbocycles. The molecule has 5 nitrogen and oxygen atoms in total. The van der Waals surface area contributed by atoms with Crippen LogP contribution in [-0.2, 0) is 0 Å². The van der Waals surface area contributed by atoms with Crippen molar-refractivity contribution >= 4 is 23.1 Å². The summed E-state index contributed by atoms with van der Waals surface area (Å²) in [7, 11) is 0. The highest BCUT2D eigenvalue weighted by Gasteiger charge is 2.05. The Morgan fingerprint density at radius 1 is 1.35 bits per heavy atom. The average molecular weight is 247 g/mol. The molecule has 2 rings (SSSR count). The van der Waals surface area contributed by atoms with E-state index in [1.54, 1.807) is 24.3 Å². The van der Waals surface area contributed by atoms with E-state index in [0.717, 1.165) is 0 Å². The van der Waals surface area contributed by atoms with Crippen LogP contribution in [0.5, 0.6) is 0 Å². The summed E-state index contributed by atoms with van der Waals surface area (Å²) in [5.41, 5.74) is 0.849. The Hall–Kier alpha value is -2.32. The number of rotatable bonds is 2. The van der Waals surface area contributed by atoms with Gasteiger partial charge in [0.1, 0.15) is 5.02 Å². The van der Waals surface area contributed by atoms with E-state index in [-0.39, 0.29) is 10.8 Å². The van der Waals surface area contributed by atoms with Crippen LogP contribution in [0.2, 0.25) is 5.02 Å². The van der Waals surface area contributed by atoms with Gasteiger partial charge in [-0.3, -0.25) is 4.79 Å². The van der Waals surface area contributed by atoms with Gasteiger partial charge in [0.05, 0.1) is 18.0 Å². The second kappa shape index (κ2) is 4.68. The van der Waals surface area contributed by atoms with Crippen molar-refractivity contribution in [2.75, 3.05) is 5.32 Å². The molecule has 6 heteroatoms. The maximum atomic E-state index is 11.2. The Labute approximate surface area is 102 Å². The number of H-pyrrole nitrogens is 1. The lowest BCUT2D eigenvalue weighted by molar-refractivity contribution is 1.12. The van der Waals surface area contributed by atoms with Crippen LogP contribution in [0, 0.1) is 11.3 Å². The van der Waals surface area contributed by atoms with Crippen LogP contribution in [0.1, 0.15) is 5.56 Å². The van der Waals surface area contributed by atoms with Crippen molar-refractivity contribution in [3.05, 3.63) is 51.5 Å². The van der Waals surface area contributed by atoms with Gasteiger partial charge in [0.15, 0.2) is 5.82 Å². The summed E-state index contributed by atoms with van der Waals surface area (Å²) >= 11 is 5.78. The number of hydrogen-bond donors (Lipinski definition) is 2. The number of aromatic nitrogens is 2. The van der Waals surface area contributed by atoms with Gasteiger partial charge in [0, 0.05) is 5.69 Å². The lowest BCUT2D eigenvalue weighted by Crippen LogP contribution is -2.09. The zero-order chi connectivity index (χ0) is 12.3. The molecule has 0 aliphatic rings. The molecule has 0 bridgehead atoms. The monoisotopic (exact) mass is 246 g/mol. The van der Waals surface area contributed by atoms with Crippen molar-refractivity contribution in [1.29, 1.82) is 5.26 Å². The molecule has 0 amide bonds. The molecule has 1 aromatic heterocycles. The van der Waals surface area contributed by atoms with Gasteiger partial charge in [-0.05, 0) is 24.3 Å². The van der Waals surface area contributed by atoms with Crippen LogP contribution in [0.3, 0.4) is 0 Å². The smallest absolute Gasteiger partial charge is 0.271 e. The minimum atomic E-state index is -0.405. The number of hydrogen-bond acceptors (Lipinski definition) is 4. The number of nitriles is 1. The first-order chi connectivity index (χ1) is 8.20. The van der Waals surface area contributed by atoms with Gasteiger partial charge < -0.3 is 10.3 Å². The molecule has 2 N–H and O–H groups in total. The molecular formula is C11H7ClN4O. The summed E-state index contributed by atoms with van der Waals surface area (Å²) in [5.74, 6) is 0.278. The SMILES string of the molecule is N#Cc1ccc(Nc2nc[nH]c(=O)c2Cl)cc1. The maximum absolute atomic E-state index is 11.2. The minimum absolute atomic E-state index is 0.00291. The van der Waals surface area contributed by atoms with Crippen molar-refractivity contribution in [2.24, 2.45) is 0 Å². The predicted octanol–water partition coefficient (Wildman–Crippen LogP) is 2.04. The number of aromatic amines is 1. The maximum Gasteiger partial charge on any atom is 0.271 e. The molecule has 0 unspecified atom stereocenters. The van der Waals surface area contributed by atoms with Gasteiger partial charge >= 0.3 is 0 Å². The highest BCUT2D eigenvalue weighted by atomic mass is 35.5. The second-order valence-electron chi connectivity index (χ2n) is 3.21. The molecule has 84 valence electrons. The molecule has 1 heterocycles. The van der Waals surface area contributed by atoms with E-state index in [1.807, 2.05) is 6.07 Å². The van der Waals surface area contributed by atoms with Crippen molar-refractivity contribution < 1.29 is 0 Å². The van der Waals surface area contributed by atoms with Crippen LogP contribution < -0.4 is 10.9 Å². The second-order valence-corrected chi connectivity index (χ2v) is 3.59. The summed E-state index contributed by atoms with van der Waals surface area (Å²) in [4.78, 5) is 17.5. The van der Waals surface area contributed by atoms with Gasteiger partial charge in [-0.15, -0.1) is 0 Å². The van der Waals surface area contributed by atoms with E-state index < -0.39 is 5.56 Å². The quantitative estimate of drug-likeness (QED) is 0.850. The summed E-state index contributed by atoms with van der Waals surface area (Å²) in [6.45, 7) is 0. The van der Waals surface area contributed by atoms with Crippen LogP contribution in [0.4, 0.5) is 11.5 Å². The van der Waals surface area contributed by atoms with Crippen LogP contribution in [0.25, 0.3) is 0 Å². The Bertz CT molecular complexity index is 627. The molecule has 0 atom stereocenters. The fourth-order valence-corrected chi connectivity index (χ4v) is 1.39. The third-order valence-corrected chi connectivity index (χ3v) is 2.42. The van der Waals surface area contributed by atoms with Gasteiger partial charge in [0.2, 0.25) is 0 Å². The van der Waals surface area contributed by atoms with Crippen LogP contribution >= 0.6 is 11.6 Å². The lowest BCUT2D eigenvalue weighted by Gasteiger charge is -2.05. The Morgan fingerprint density at radius 2 is 2.06 bits per heavy atom.